The minimum atomic E-state index is 0.583. The largest absolute Gasteiger partial charge is 0.360 e. The van der Waals surface area contributed by atoms with Crippen LogP contribution < -0.4 is 0 Å². The van der Waals surface area contributed by atoms with Crippen LogP contribution in [0.25, 0.3) is 11.0 Å². The van der Waals surface area contributed by atoms with Gasteiger partial charge in [-0.1, -0.05) is 0 Å². The Bertz CT molecular complexity index is 422. The maximum absolute atomic E-state index is 8.53. The molecule has 2 aromatic rings. The first kappa shape index (κ1) is 5.93. The molecule has 0 spiro atoms. The summed E-state index contributed by atoms with van der Waals surface area (Å²) >= 11 is 0. The molecule has 0 bridgehead atoms. The number of H-pyrrole nitrogens is 1. The molecule has 0 aromatic carbocycles. The normalized spacial score (nSPS) is 9.73. The van der Waals surface area contributed by atoms with Crippen LogP contribution in [0.4, 0.5) is 0 Å². The van der Waals surface area contributed by atoms with E-state index >= 15 is 0 Å². The number of nitrogens with one attached hydrogen (secondary N) is 1. The van der Waals surface area contributed by atoms with Crippen molar-refractivity contribution in [2.24, 2.45) is 0 Å². The molecule has 0 aliphatic carbocycles. The van der Waals surface area contributed by atoms with Gasteiger partial charge in [-0.15, -0.1) is 0 Å². The third-order valence-corrected chi connectivity index (χ3v) is 1.53. The van der Waals surface area contributed by atoms with Gasteiger partial charge in [0.2, 0.25) is 0 Å². The fraction of sp³-hybridized carbons (Fsp3) is 0. The van der Waals surface area contributed by atoms with E-state index in [1.807, 2.05) is 12.1 Å². The van der Waals surface area contributed by atoms with E-state index in [9.17, 15) is 0 Å². The first-order valence-electron chi connectivity index (χ1n) is 3.23. The number of aromatic amines is 1. The first-order valence-corrected chi connectivity index (χ1v) is 3.23. The van der Waals surface area contributed by atoms with Gasteiger partial charge in [0.15, 0.2) is 0 Å². The van der Waals surface area contributed by atoms with Crippen molar-refractivity contribution in [1.82, 2.24) is 9.97 Å². The minimum absolute atomic E-state index is 0.583. The Morgan fingerprint density at radius 1 is 1.55 bits per heavy atom. The Morgan fingerprint density at radius 3 is 3.27 bits per heavy atom. The lowest BCUT2D eigenvalue weighted by molar-refractivity contribution is 1.37. The predicted molar refractivity (Wildman–Crippen MR) is 40.8 cm³/mol. The van der Waals surface area contributed by atoms with Crippen molar-refractivity contribution in [3.63, 3.8) is 0 Å². The van der Waals surface area contributed by atoms with Crippen molar-refractivity contribution in [3.05, 3.63) is 30.1 Å². The Morgan fingerprint density at radius 2 is 2.45 bits per heavy atom. The second-order valence-electron chi connectivity index (χ2n) is 2.25. The molecule has 0 atom stereocenters. The maximum atomic E-state index is 8.53. The SMILES string of the molecule is N#Cc1cnc2cc[nH]c2c1. The van der Waals surface area contributed by atoms with Gasteiger partial charge in [-0.25, -0.2) is 0 Å². The molecular formula is C8H5N3. The van der Waals surface area contributed by atoms with Crippen LogP contribution in [0.15, 0.2) is 24.5 Å². The molecule has 1 N–H and O–H groups in total. The first-order chi connectivity index (χ1) is 5.40. The molecule has 0 fully saturated rings. The highest BCUT2D eigenvalue weighted by molar-refractivity contribution is 5.75. The summed E-state index contributed by atoms with van der Waals surface area (Å²) in [5, 5.41) is 8.53. The standard InChI is InChI=1S/C8H5N3/c9-4-6-3-8-7(11-5-6)1-2-10-8/h1-3,5,10H. The van der Waals surface area contributed by atoms with Crippen LogP contribution in [0.2, 0.25) is 0 Å². The molecule has 0 unspecified atom stereocenters. The van der Waals surface area contributed by atoms with Crippen molar-refractivity contribution in [1.29, 1.82) is 5.26 Å². The van der Waals surface area contributed by atoms with E-state index in [0.29, 0.717) is 5.56 Å². The Hall–Kier alpha value is -1.82. The topological polar surface area (TPSA) is 52.5 Å². The number of fused-ring (bicyclic) bond motifs is 1. The highest BCUT2D eigenvalue weighted by Crippen LogP contribution is 2.09. The summed E-state index contributed by atoms with van der Waals surface area (Å²) in [6.45, 7) is 0. The highest BCUT2D eigenvalue weighted by Gasteiger charge is 1.95. The van der Waals surface area contributed by atoms with Crippen LogP contribution in [0.5, 0.6) is 0 Å². The number of nitrogens with zero attached hydrogens (tertiary/aromatic N) is 2. The molecule has 0 aliphatic rings. The maximum Gasteiger partial charge on any atom is 0.101 e. The average molecular weight is 143 g/mol. The second-order valence-corrected chi connectivity index (χ2v) is 2.25. The molecule has 0 saturated heterocycles. The summed E-state index contributed by atoms with van der Waals surface area (Å²) in [7, 11) is 0. The summed E-state index contributed by atoms with van der Waals surface area (Å²) in [6, 6.07) is 5.68. The van der Waals surface area contributed by atoms with E-state index in [4.69, 9.17) is 5.26 Å². The van der Waals surface area contributed by atoms with Crippen molar-refractivity contribution in [3.8, 4) is 6.07 Å². The lowest BCUT2D eigenvalue weighted by atomic mass is 10.3. The highest BCUT2D eigenvalue weighted by atomic mass is 14.7. The van der Waals surface area contributed by atoms with Gasteiger partial charge in [0.05, 0.1) is 16.6 Å². The third-order valence-electron chi connectivity index (χ3n) is 1.53. The summed E-state index contributed by atoms with van der Waals surface area (Å²) in [6.07, 6.45) is 3.37. The van der Waals surface area contributed by atoms with Gasteiger partial charge < -0.3 is 4.98 Å². The zero-order valence-corrected chi connectivity index (χ0v) is 5.70. The van der Waals surface area contributed by atoms with Crippen molar-refractivity contribution < 1.29 is 0 Å². The molecule has 3 nitrogen and oxygen atoms in total. The molecule has 0 amide bonds. The smallest absolute Gasteiger partial charge is 0.101 e. The quantitative estimate of drug-likeness (QED) is 0.606. The van der Waals surface area contributed by atoms with E-state index in [0.717, 1.165) is 11.0 Å². The number of pyridine rings is 1. The van der Waals surface area contributed by atoms with Crippen LogP contribution in [0.1, 0.15) is 5.56 Å². The minimum Gasteiger partial charge on any atom is -0.360 e. The average Bonchev–Trinajstić information content (AvgIpc) is 2.50. The van der Waals surface area contributed by atoms with Gasteiger partial charge >= 0.3 is 0 Å². The molecule has 3 heteroatoms. The van der Waals surface area contributed by atoms with Gasteiger partial charge in [-0.05, 0) is 12.1 Å². The Balaban J connectivity index is 2.79. The van der Waals surface area contributed by atoms with E-state index in [2.05, 4.69) is 9.97 Å². The molecule has 0 radical (unpaired) electrons. The molecule has 2 aromatic heterocycles. The zero-order valence-electron chi connectivity index (χ0n) is 5.70. The van der Waals surface area contributed by atoms with Gasteiger partial charge in [0, 0.05) is 12.4 Å². The molecule has 0 saturated carbocycles. The van der Waals surface area contributed by atoms with Crippen molar-refractivity contribution in [2.75, 3.05) is 0 Å². The lowest BCUT2D eigenvalue weighted by Gasteiger charge is -1.87. The van der Waals surface area contributed by atoms with E-state index in [1.165, 1.54) is 0 Å². The fourth-order valence-electron chi connectivity index (χ4n) is 0.995. The third kappa shape index (κ3) is 0.849. The molecular weight excluding hydrogens is 138 g/mol. The molecule has 52 valence electrons. The van der Waals surface area contributed by atoms with E-state index < -0.39 is 0 Å². The van der Waals surface area contributed by atoms with Gasteiger partial charge in [0.25, 0.3) is 0 Å². The number of nitriles is 1. The van der Waals surface area contributed by atoms with E-state index in [-0.39, 0.29) is 0 Å². The van der Waals surface area contributed by atoms with Gasteiger partial charge in [-0.3, -0.25) is 4.98 Å². The molecule has 0 aliphatic heterocycles. The lowest BCUT2D eigenvalue weighted by Crippen LogP contribution is -1.77. The summed E-state index contributed by atoms with van der Waals surface area (Å²) < 4.78 is 0. The summed E-state index contributed by atoms with van der Waals surface area (Å²) in [4.78, 5) is 7.04. The number of hydrogen-bond acceptors (Lipinski definition) is 2. The number of aromatic nitrogens is 2. The number of rotatable bonds is 0. The van der Waals surface area contributed by atoms with E-state index in [1.54, 1.807) is 18.5 Å². The molecule has 2 rings (SSSR count). The van der Waals surface area contributed by atoms with Crippen molar-refractivity contribution >= 4 is 11.0 Å². The van der Waals surface area contributed by atoms with Crippen LogP contribution in [-0.2, 0) is 0 Å². The second kappa shape index (κ2) is 2.10. The molecule has 2 heterocycles. The monoisotopic (exact) mass is 143 g/mol. The van der Waals surface area contributed by atoms with Gasteiger partial charge in [-0.2, -0.15) is 5.26 Å². The fourth-order valence-corrected chi connectivity index (χ4v) is 0.995. The van der Waals surface area contributed by atoms with Crippen LogP contribution in [-0.4, -0.2) is 9.97 Å². The van der Waals surface area contributed by atoms with Crippen LogP contribution in [0.3, 0.4) is 0 Å². The van der Waals surface area contributed by atoms with Crippen LogP contribution >= 0.6 is 0 Å². The Kier molecular flexibility index (Phi) is 1.13. The molecule has 11 heavy (non-hydrogen) atoms. The summed E-state index contributed by atoms with van der Waals surface area (Å²) in [5.41, 5.74) is 2.38. The number of hydrogen-bond donors (Lipinski definition) is 1. The zero-order chi connectivity index (χ0) is 7.68. The van der Waals surface area contributed by atoms with Gasteiger partial charge in [0.1, 0.15) is 6.07 Å². The predicted octanol–water partition coefficient (Wildman–Crippen LogP) is 1.43. The van der Waals surface area contributed by atoms with Crippen molar-refractivity contribution in [2.45, 2.75) is 0 Å². The van der Waals surface area contributed by atoms with Crippen LogP contribution in [0, 0.1) is 11.3 Å². The summed E-state index contributed by atoms with van der Waals surface area (Å²) in [5.74, 6) is 0. The Labute approximate surface area is 63.3 Å².